The van der Waals surface area contributed by atoms with Gasteiger partial charge in [0.15, 0.2) is 0 Å². The van der Waals surface area contributed by atoms with Crippen molar-refractivity contribution in [1.29, 1.82) is 0 Å². The van der Waals surface area contributed by atoms with E-state index in [9.17, 15) is 0 Å². The fraction of sp³-hybridized carbons (Fsp3) is 0.125. The Kier molecular flexibility index (Phi) is 9.45. The fourth-order valence-corrected chi connectivity index (χ4v) is 11.3. The SMILES string of the molecule is Cc1cc(C)c(-c2cc3c4c(c2)N(c2cc(-c5ccccc5)ccc2C)c2cc5ccccc5cc2B4N(c2ccc(-c4ccc(C(C)(C)C)cc4)cc2)c2cc4ccccc4cc2-3)c(C)c1. The lowest BCUT2D eigenvalue weighted by Gasteiger charge is -2.46. The van der Waals surface area contributed by atoms with Gasteiger partial charge in [-0.1, -0.05) is 172 Å². The van der Waals surface area contributed by atoms with Gasteiger partial charge in [-0.25, -0.2) is 0 Å². The average Bonchev–Trinajstić information content (AvgIpc) is 3.33. The number of rotatable bonds is 5. The predicted molar refractivity (Wildman–Crippen MR) is 289 cm³/mol. The largest absolute Gasteiger partial charge is 0.376 e. The monoisotopic (exact) mass is 860 g/mol. The highest BCUT2D eigenvalue weighted by atomic mass is 15.2. The van der Waals surface area contributed by atoms with Crippen LogP contribution in [-0.2, 0) is 5.41 Å². The Morgan fingerprint density at radius 1 is 0.388 bits per heavy atom. The molecule has 3 heteroatoms. The molecule has 67 heavy (non-hydrogen) atoms. The molecular formula is C64H53BN2. The highest BCUT2D eigenvalue weighted by Gasteiger charge is 2.46. The first kappa shape index (κ1) is 40.9. The minimum absolute atomic E-state index is 0.0997. The van der Waals surface area contributed by atoms with E-state index in [-0.39, 0.29) is 12.3 Å². The third-order valence-corrected chi connectivity index (χ3v) is 14.5. The molecular weight excluding hydrogens is 808 g/mol. The Bertz CT molecular complexity index is 3580. The molecule has 0 amide bonds. The molecule has 0 aliphatic carbocycles. The van der Waals surface area contributed by atoms with Crippen LogP contribution < -0.4 is 20.6 Å². The number of hydrogen-bond acceptors (Lipinski definition) is 2. The van der Waals surface area contributed by atoms with Gasteiger partial charge >= 0.3 is 6.85 Å². The molecule has 0 unspecified atom stereocenters. The molecule has 0 saturated heterocycles. The Morgan fingerprint density at radius 2 is 0.925 bits per heavy atom. The van der Waals surface area contributed by atoms with Gasteiger partial charge in [0.1, 0.15) is 0 Å². The van der Waals surface area contributed by atoms with E-state index in [2.05, 4.69) is 252 Å². The first-order valence-electron chi connectivity index (χ1n) is 23.8. The van der Waals surface area contributed by atoms with Gasteiger partial charge in [0.2, 0.25) is 0 Å². The highest BCUT2D eigenvalue weighted by molar-refractivity contribution is 6.93. The molecule has 0 saturated carbocycles. The average molecular weight is 861 g/mol. The fourth-order valence-electron chi connectivity index (χ4n) is 11.3. The van der Waals surface area contributed by atoms with E-state index in [1.54, 1.807) is 0 Å². The summed E-state index contributed by atoms with van der Waals surface area (Å²) in [4.78, 5) is 5.26. The van der Waals surface area contributed by atoms with Crippen LogP contribution in [-0.4, -0.2) is 6.85 Å². The van der Waals surface area contributed by atoms with Crippen molar-refractivity contribution in [3.63, 3.8) is 0 Å². The lowest BCUT2D eigenvalue weighted by molar-refractivity contribution is 0.590. The first-order valence-corrected chi connectivity index (χ1v) is 23.8. The molecule has 0 atom stereocenters. The third kappa shape index (κ3) is 6.79. The van der Waals surface area contributed by atoms with Crippen LogP contribution in [0.4, 0.5) is 28.4 Å². The van der Waals surface area contributed by atoms with Gasteiger partial charge in [-0.2, -0.15) is 0 Å². The number of nitrogens with zero attached hydrogens (tertiary/aromatic N) is 2. The molecule has 10 aromatic rings. The summed E-state index contributed by atoms with van der Waals surface area (Å²) >= 11 is 0. The van der Waals surface area contributed by atoms with Gasteiger partial charge < -0.3 is 9.71 Å². The van der Waals surface area contributed by atoms with Crippen molar-refractivity contribution < 1.29 is 0 Å². The number of benzene rings is 10. The van der Waals surface area contributed by atoms with Crippen molar-refractivity contribution in [3.8, 4) is 44.5 Å². The summed E-state index contributed by atoms with van der Waals surface area (Å²) in [6, 6.07) is 73.6. The molecule has 322 valence electrons. The molecule has 0 fully saturated rings. The summed E-state index contributed by atoms with van der Waals surface area (Å²) in [5.41, 5.74) is 25.1. The molecule has 2 aliphatic heterocycles. The van der Waals surface area contributed by atoms with E-state index in [1.807, 2.05) is 0 Å². The van der Waals surface area contributed by atoms with Crippen LogP contribution in [0.3, 0.4) is 0 Å². The molecule has 10 aromatic carbocycles. The summed E-state index contributed by atoms with van der Waals surface area (Å²) in [5.74, 6) is 0. The molecule has 0 aromatic heterocycles. The number of fused-ring (bicyclic) bond motifs is 6. The Labute approximate surface area is 395 Å². The lowest BCUT2D eigenvalue weighted by Crippen LogP contribution is -2.61. The molecule has 0 spiro atoms. The second kappa shape index (κ2) is 15.5. The van der Waals surface area contributed by atoms with Crippen LogP contribution in [0.5, 0.6) is 0 Å². The maximum atomic E-state index is 2.65. The molecule has 12 rings (SSSR count). The topological polar surface area (TPSA) is 6.48 Å². The van der Waals surface area contributed by atoms with E-state index in [0.717, 1.165) is 5.69 Å². The molecule has 2 nitrogen and oxygen atoms in total. The number of anilines is 5. The van der Waals surface area contributed by atoms with E-state index in [1.165, 1.54) is 128 Å². The maximum absolute atomic E-state index is 2.65. The first-order chi connectivity index (χ1) is 32.5. The van der Waals surface area contributed by atoms with Crippen LogP contribution in [0, 0.1) is 27.7 Å². The van der Waals surface area contributed by atoms with Gasteiger partial charge in [-0.05, 0) is 175 Å². The zero-order valence-corrected chi connectivity index (χ0v) is 39.4. The van der Waals surface area contributed by atoms with Gasteiger partial charge in [0, 0.05) is 34.0 Å². The second-order valence-corrected chi connectivity index (χ2v) is 20.1. The molecule has 2 aliphatic rings. The van der Waals surface area contributed by atoms with Crippen LogP contribution in [0.2, 0.25) is 0 Å². The summed E-state index contributed by atoms with van der Waals surface area (Å²) < 4.78 is 0. The van der Waals surface area contributed by atoms with Crippen molar-refractivity contribution in [2.75, 3.05) is 9.71 Å². The zero-order chi connectivity index (χ0) is 45.7. The predicted octanol–water partition coefficient (Wildman–Crippen LogP) is 16.2. The van der Waals surface area contributed by atoms with E-state index in [4.69, 9.17) is 0 Å². The summed E-state index contributed by atoms with van der Waals surface area (Å²) in [6.07, 6.45) is 0. The summed E-state index contributed by atoms with van der Waals surface area (Å²) in [7, 11) is 0. The molecule has 0 N–H and O–H groups in total. The smallest absolute Gasteiger partial charge is 0.333 e. The molecule has 0 radical (unpaired) electrons. The van der Waals surface area contributed by atoms with Crippen LogP contribution >= 0.6 is 0 Å². The lowest BCUT2D eigenvalue weighted by atomic mass is 9.43. The van der Waals surface area contributed by atoms with Crippen LogP contribution in [0.15, 0.2) is 194 Å². The second-order valence-electron chi connectivity index (χ2n) is 20.1. The quantitative estimate of drug-likeness (QED) is 0.159. The molecule has 0 bridgehead atoms. The van der Waals surface area contributed by atoms with Gasteiger partial charge in [0.05, 0.1) is 0 Å². The van der Waals surface area contributed by atoms with Gasteiger partial charge in [0.25, 0.3) is 0 Å². The van der Waals surface area contributed by atoms with Crippen molar-refractivity contribution in [2.45, 2.75) is 53.9 Å². The Hall–Kier alpha value is -7.62. The van der Waals surface area contributed by atoms with Crippen molar-refractivity contribution in [2.24, 2.45) is 0 Å². The Balaban J connectivity index is 1.17. The van der Waals surface area contributed by atoms with Crippen LogP contribution in [0.25, 0.3) is 66.1 Å². The number of hydrogen-bond donors (Lipinski definition) is 0. The third-order valence-electron chi connectivity index (χ3n) is 14.5. The summed E-state index contributed by atoms with van der Waals surface area (Å²) in [5, 5.41) is 4.93. The normalized spacial score (nSPS) is 12.9. The maximum Gasteiger partial charge on any atom is 0.333 e. The van der Waals surface area contributed by atoms with Crippen molar-refractivity contribution in [3.05, 3.63) is 222 Å². The minimum atomic E-state index is -0.127. The molecule has 2 heterocycles. The zero-order valence-electron chi connectivity index (χ0n) is 39.4. The standard InChI is InChI=1S/C64H53BN2/c1-40-31-42(3)62(43(4)32-40)52-34-56-55-33-47-17-11-13-19-49(47)37-59(55)67(54-29-25-46(26-30-54)45-23-27-53(28-24-45)64(5,6)7)65-57-35-48-18-12-14-20-50(48)38-60(57)66(61(39-52)63(56)65)58-36-51(22-21-41(58)2)44-15-9-8-10-16-44/h8-39H,1-7H3. The summed E-state index contributed by atoms with van der Waals surface area (Å²) in [6.45, 7) is 15.7. The number of aryl methyl sites for hydroxylation is 4. The minimum Gasteiger partial charge on any atom is -0.376 e. The Morgan fingerprint density at radius 3 is 1.57 bits per heavy atom. The van der Waals surface area contributed by atoms with E-state index >= 15 is 0 Å². The van der Waals surface area contributed by atoms with Crippen molar-refractivity contribution >= 4 is 67.8 Å². The van der Waals surface area contributed by atoms with Crippen LogP contribution in [0.1, 0.15) is 48.6 Å². The van der Waals surface area contributed by atoms with E-state index in [0.29, 0.717) is 0 Å². The van der Waals surface area contributed by atoms with Crippen molar-refractivity contribution in [1.82, 2.24) is 0 Å². The van der Waals surface area contributed by atoms with Gasteiger partial charge in [-0.15, -0.1) is 0 Å². The van der Waals surface area contributed by atoms with E-state index < -0.39 is 0 Å². The van der Waals surface area contributed by atoms with Gasteiger partial charge in [-0.3, -0.25) is 0 Å². The highest BCUT2D eigenvalue weighted by Crippen LogP contribution is 2.51.